The normalized spacial score (nSPS) is 20.5. The summed E-state index contributed by atoms with van der Waals surface area (Å²) >= 11 is 7.72. The van der Waals surface area contributed by atoms with Gasteiger partial charge in [-0.1, -0.05) is 11.6 Å². The van der Waals surface area contributed by atoms with Crippen molar-refractivity contribution in [2.45, 2.75) is 24.5 Å². The molecule has 1 atom stereocenters. The van der Waals surface area contributed by atoms with Crippen molar-refractivity contribution in [3.63, 3.8) is 0 Å². The Morgan fingerprint density at radius 1 is 1.67 bits per heavy atom. The smallest absolute Gasteiger partial charge is 0.150 e. The molecular formula is C11H12ClNOS. The van der Waals surface area contributed by atoms with E-state index in [0.29, 0.717) is 17.2 Å². The summed E-state index contributed by atoms with van der Waals surface area (Å²) in [4.78, 5) is 15.8. The number of ketones is 1. The molecule has 1 saturated heterocycles. The maximum absolute atomic E-state index is 11.9. The van der Waals surface area contributed by atoms with Gasteiger partial charge in [-0.3, -0.25) is 9.78 Å². The van der Waals surface area contributed by atoms with Crippen LogP contribution in [0.2, 0.25) is 5.02 Å². The minimum Gasteiger partial charge on any atom is -0.298 e. The quantitative estimate of drug-likeness (QED) is 0.815. The van der Waals surface area contributed by atoms with E-state index in [4.69, 9.17) is 11.6 Å². The highest BCUT2D eigenvalue weighted by molar-refractivity contribution is 8.00. The standard InChI is InChI=1S/C11H12ClNOS/c12-9-7-13-4-3-8(9)6-10(14)11-2-1-5-15-11/h3-4,7,11H,1-2,5-6H2. The van der Waals surface area contributed by atoms with Gasteiger partial charge in [0.2, 0.25) is 0 Å². The predicted octanol–water partition coefficient (Wildman–Crippen LogP) is 2.74. The first kappa shape index (κ1) is 11.0. The summed E-state index contributed by atoms with van der Waals surface area (Å²) in [5, 5.41) is 0.781. The fourth-order valence-corrected chi connectivity index (χ4v) is 3.09. The lowest BCUT2D eigenvalue weighted by atomic mass is 10.1. The minimum absolute atomic E-state index is 0.189. The van der Waals surface area contributed by atoms with Crippen LogP contribution in [0.5, 0.6) is 0 Å². The monoisotopic (exact) mass is 241 g/mol. The lowest BCUT2D eigenvalue weighted by molar-refractivity contribution is -0.117. The zero-order valence-corrected chi connectivity index (χ0v) is 9.85. The molecule has 0 amide bonds. The molecule has 80 valence electrons. The Hall–Kier alpha value is -0.540. The van der Waals surface area contributed by atoms with Crippen LogP contribution in [0.4, 0.5) is 0 Å². The molecule has 1 fully saturated rings. The van der Waals surface area contributed by atoms with E-state index in [1.54, 1.807) is 24.2 Å². The van der Waals surface area contributed by atoms with Crippen LogP contribution in [0.3, 0.4) is 0 Å². The first-order valence-electron chi connectivity index (χ1n) is 5.00. The molecule has 4 heteroatoms. The van der Waals surface area contributed by atoms with Gasteiger partial charge in [-0.05, 0) is 30.2 Å². The van der Waals surface area contributed by atoms with Crippen molar-refractivity contribution >= 4 is 29.1 Å². The molecule has 2 rings (SSSR count). The highest BCUT2D eigenvalue weighted by Gasteiger charge is 2.23. The molecule has 0 saturated carbocycles. The van der Waals surface area contributed by atoms with E-state index in [1.165, 1.54) is 0 Å². The molecule has 0 spiro atoms. The molecule has 2 nitrogen and oxygen atoms in total. The SMILES string of the molecule is O=C(Cc1ccncc1Cl)C1CCCS1. The van der Waals surface area contributed by atoms with Crippen LogP contribution >= 0.6 is 23.4 Å². The summed E-state index contributed by atoms with van der Waals surface area (Å²) < 4.78 is 0. The zero-order valence-electron chi connectivity index (χ0n) is 8.28. The van der Waals surface area contributed by atoms with Crippen LogP contribution in [0.25, 0.3) is 0 Å². The molecular weight excluding hydrogens is 230 g/mol. The van der Waals surface area contributed by atoms with E-state index < -0.39 is 0 Å². The van der Waals surface area contributed by atoms with Gasteiger partial charge in [-0.2, -0.15) is 11.8 Å². The van der Waals surface area contributed by atoms with E-state index in [-0.39, 0.29) is 5.25 Å². The van der Waals surface area contributed by atoms with E-state index in [9.17, 15) is 4.79 Å². The van der Waals surface area contributed by atoms with Gasteiger partial charge in [0.1, 0.15) is 5.78 Å². The highest BCUT2D eigenvalue weighted by atomic mass is 35.5. The molecule has 0 N–H and O–H groups in total. The van der Waals surface area contributed by atoms with Crippen LogP contribution in [0, 0.1) is 0 Å². The molecule has 1 aromatic heterocycles. The first-order valence-corrected chi connectivity index (χ1v) is 6.43. The molecule has 0 radical (unpaired) electrons. The number of aromatic nitrogens is 1. The fraction of sp³-hybridized carbons (Fsp3) is 0.455. The molecule has 1 aliphatic heterocycles. The number of rotatable bonds is 3. The number of carbonyl (C=O) groups excluding carboxylic acids is 1. The second kappa shape index (κ2) is 4.99. The maximum atomic E-state index is 11.9. The van der Waals surface area contributed by atoms with Crippen molar-refractivity contribution < 1.29 is 4.79 Å². The number of Topliss-reactive ketones (excluding diaryl/α,β-unsaturated/α-hetero) is 1. The number of nitrogens with zero attached hydrogens (tertiary/aromatic N) is 1. The topological polar surface area (TPSA) is 30.0 Å². The van der Waals surface area contributed by atoms with Gasteiger partial charge in [0.15, 0.2) is 0 Å². The average molecular weight is 242 g/mol. The van der Waals surface area contributed by atoms with Crippen molar-refractivity contribution in [3.05, 3.63) is 29.0 Å². The largest absolute Gasteiger partial charge is 0.298 e. The summed E-state index contributed by atoms with van der Waals surface area (Å²) in [7, 11) is 0. The van der Waals surface area contributed by atoms with Gasteiger partial charge in [0, 0.05) is 18.8 Å². The van der Waals surface area contributed by atoms with E-state index in [2.05, 4.69) is 4.98 Å². The Morgan fingerprint density at radius 2 is 2.53 bits per heavy atom. The minimum atomic E-state index is 0.189. The Kier molecular flexibility index (Phi) is 3.65. The molecule has 0 aliphatic carbocycles. The fourth-order valence-electron chi connectivity index (χ4n) is 1.68. The maximum Gasteiger partial charge on any atom is 0.150 e. The lowest BCUT2D eigenvalue weighted by Crippen LogP contribution is -2.16. The summed E-state index contributed by atoms with van der Waals surface area (Å²) in [6.07, 6.45) is 5.89. The molecule has 1 aliphatic rings. The van der Waals surface area contributed by atoms with Crippen molar-refractivity contribution in [2.75, 3.05) is 5.75 Å². The Balaban J connectivity index is 2.02. The van der Waals surface area contributed by atoms with Crippen molar-refractivity contribution in [3.8, 4) is 0 Å². The van der Waals surface area contributed by atoms with Crippen molar-refractivity contribution in [2.24, 2.45) is 0 Å². The molecule has 1 aromatic rings. The highest BCUT2D eigenvalue weighted by Crippen LogP contribution is 2.28. The zero-order chi connectivity index (χ0) is 10.7. The van der Waals surface area contributed by atoms with E-state index in [0.717, 1.165) is 24.2 Å². The van der Waals surface area contributed by atoms with Crippen LogP contribution in [0.15, 0.2) is 18.5 Å². The average Bonchev–Trinajstić information content (AvgIpc) is 2.74. The number of pyridine rings is 1. The van der Waals surface area contributed by atoms with Crippen LogP contribution in [-0.2, 0) is 11.2 Å². The second-order valence-electron chi connectivity index (χ2n) is 3.61. The van der Waals surface area contributed by atoms with Gasteiger partial charge < -0.3 is 0 Å². The van der Waals surface area contributed by atoms with Crippen molar-refractivity contribution in [1.82, 2.24) is 4.98 Å². The molecule has 0 aromatic carbocycles. The van der Waals surface area contributed by atoms with Gasteiger partial charge in [0.05, 0.1) is 10.3 Å². The number of halogens is 1. The molecule has 15 heavy (non-hydrogen) atoms. The Morgan fingerprint density at radius 3 is 3.20 bits per heavy atom. The number of hydrogen-bond donors (Lipinski definition) is 0. The van der Waals surface area contributed by atoms with Gasteiger partial charge in [-0.15, -0.1) is 0 Å². The number of carbonyl (C=O) groups is 1. The molecule has 1 unspecified atom stereocenters. The third-order valence-electron chi connectivity index (χ3n) is 2.51. The number of thioether (sulfide) groups is 1. The summed E-state index contributed by atoms with van der Waals surface area (Å²) in [5.41, 5.74) is 0.893. The number of hydrogen-bond acceptors (Lipinski definition) is 3. The second-order valence-corrected chi connectivity index (χ2v) is 5.33. The predicted molar refractivity (Wildman–Crippen MR) is 63.4 cm³/mol. The summed E-state index contributed by atoms with van der Waals surface area (Å²) in [5.74, 6) is 1.41. The lowest BCUT2D eigenvalue weighted by Gasteiger charge is -2.07. The van der Waals surface area contributed by atoms with Gasteiger partial charge in [-0.25, -0.2) is 0 Å². The molecule has 0 bridgehead atoms. The van der Waals surface area contributed by atoms with Crippen LogP contribution in [0.1, 0.15) is 18.4 Å². The molecule has 2 heterocycles. The first-order chi connectivity index (χ1) is 7.27. The summed E-state index contributed by atoms with van der Waals surface area (Å²) in [6.45, 7) is 0. The Bertz CT molecular complexity index is 363. The van der Waals surface area contributed by atoms with Gasteiger partial charge >= 0.3 is 0 Å². The van der Waals surface area contributed by atoms with Crippen LogP contribution in [-0.4, -0.2) is 21.8 Å². The van der Waals surface area contributed by atoms with Crippen LogP contribution < -0.4 is 0 Å². The summed E-state index contributed by atoms with van der Waals surface area (Å²) in [6, 6.07) is 1.82. The van der Waals surface area contributed by atoms with Crippen molar-refractivity contribution in [1.29, 1.82) is 0 Å². The third-order valence-corrected chi connectivity index (χ3v) is 4.28. The van der Waals surface area contributed by atoms with E-state index in [1.807, 2.05) is 6.07 Å². The van der Waals surface area contributed by atoms with Gasteiger partial charge in [0.25, 0.3) is 0 Å². The third kappa shape index (κ3) is 2.73. The Labute approximate surface area is 98.4 Å². The van der Waals surface area contributed by atoms with E-state index >= 15 is 0 Å².